The van der Waals surface area contributed by atoms with E-state index in [-0.39, 0.29) is 0 Å². The van der Waals surface area contributed by atoms with E-state index in [1.54, 1.807) is 0 Å². The lowest BCUT2D eigenvalue weighted by Crippen LogP contribution is -2.26. The van der Waals surface area contributed by atoms with Gasteiger partial charge in [-0.1, -0.05) is 67.6 Å². The van der Waals surface area contributed by atoms with Crippen LogP contribution in [0.4, 0.5) is 17.1 Å². The molecule has 1 heterocycles. The van der Waals surface area contributed by atoms with Crippen molar-refractivity contribution in [3.63, 3.8) is 0 Å². The van der Waals surface area contributed by atoms with Crippen LogP contribution in [-0.4, -0.2) is 6.71 Å². The van der Waals surface area contributed by atoms with Crippen LogP contribution >= 0.6 is 0 Å². The molecule has 0 N–H and O–H groups in total. The Bertz CT molecular complexity index is 839. The number of para-hydroxylation sites is 2. The van der Waals surface area contributed by atoms with Gasteiger partial charge in [-0.15, -0.1) is 0 Å². The maximum Gasteiger partial charge on any atom is 0.169 e. The number of rotatable bonds is 2. The van der Waals surface area contributed by atoms with Gasteiger partial charge >= 0.3 is 0 Å². The predicted octanol–water partition coefficient (Wildman–Crippen LogP) is 5.02. The Morgan fingerprint density at radius 2 is 1.43 bits per heavy atom. The summed E-state index contributed by atoms with van der Waals surface area (Å²) in [6, 6.07) is 26.4. The molecular formula is C21H20BN. The largest absolute Gasteiger partial charge is 0.310 e. The lowest BCUT2D eigenvalue weighted by molar-refractivity contribution is 1.09. The van der Waals surface area contributed by atoms with Gasteiger partial charge in [-0.05, 0) is 35.4 Å². The van der Waals surface area contributed by atoms with Gasteiger partial charge in [0, 0.05) is 23.5 Å². The summed E-state index contributed by atoms with van der Waals surface area (Å²) in [4.78, 5) is 2.40. The summed E-state index contributed by atoms with van der Waals surface area (Å²) < 4.78 is 0. The summed E-state index contributed by atoms with van der Waals surface area (Å²) in [6.45, 7) is 5.05. The molecule has 23 heavy (non-hydrogen) atoms. The Balaban J connectivity index is 1.95. The van der Waals surface area contributed by atoms with Crippen molar-refractivity contribution in [2.75, 3.05) is 4.90 Å². The molecule has 3 aromatic carbocycles. The number of nitrogens with zero attached hydrogens (tertiary/aromatic N) is 1. The zero-order valence-electron chi connectivity index (χ0n) is 13.7. The first-order chi connectivity index (χ1) is 11.2. The molecule has 112 valence electrons. The fourth-order valence-electron chi connectivity index (χ4n) is 3.37. The molecule has 1 aliphatic rings. The molecule has 4 rings (SSSR count). The van der Waals surface area contributed by atoms with Crippen molar-refractivity contribution in [1.82, 2.24) is 0 Å². The third-order valence-corrected chi connectivity index (χ3v) is 4.64. The molecule has 0 saturated carbocycles. The van der Waals surface area contributed by atoms with Gasteiger partial charge in [0.2, 0.25) is 0 Å². The number of anilines is 3. The van der Waals surface area contributed by atoms with Crippen molar-refractivity contribution in [2.24, 2.45) is 0 Å². The molecule has 1 nitrogen and oxygen atoms in total. The van der Waals surface area contributed by atoms with Crippen LogP contribution in [0.25, 0.3) is 0 Å². The molecule has 3 aromatic rings. The normalized spacial score (nSPS) is 12.5. The van der Waals surface area contributed by atoms with Crippen LogP contribution in [0.3, 0.4) is 0 Å². The third kappa shape index (κ3) is 2.44. The van der Waals surface area contributed by atoms with Gasteiger partial charge in [-0.3, -0.25) is 0 Å². The van der Waals surface area contributed by atoms with Gasteiger partial charge in [-0.2, -0.15) is 0 Å². The number of fused-ring (bicyclic) bond motifs is 2. The van der Waals surface area contributed by atoms with Crippen molar-refractivity contribution in [3.8, 4) is 0 Å². The van der Waals surface area contributed by atoms with E-state index >= 15 is 0 Å². The maximum absolute atomic E-state index is 2.40. The zero-order valence-corrected chi connectivity index (χ0v) is 13.7. The molecule has 0 unspecified atom stereocenters. The first-order valence-corrected chi connectivity index (χ1v) is 8.30. The summed E-state index contributed by atoms with van der Waals surface area (Å²) in [6.07, 6.45) is 1.01. The average Bonchev–Trinajstić information content (AvgIpc) is 2.59. The van der Waals surface area contributed by atoms with Crippen molar-refractivity contribution < 1.29 is 0 Å². The molecule has 0 aliphatic carbocycles. The topological polar surface area (TPSA) is 3.24 Å². The molecular weight excluding hydrogens is 277 g/mol. The van der Waals surface area contributed by atoms with Gasteiger partial charge in [0.15, 0.2) is 6.71 Å². The molecule has 0 bridgehead atoms. The first kappa shape index (κ1) is 14.1. The van der Waals surface area contributed by atoms with Crippen LogP contribution in [0.2, 0.25) is 13.6 Å². The van der Waals surface area contributed by atoms with E-state index in [9.17, 15) is 0 Å². The highest BCUT2D eigenvalue weighted by Crippen LogP contribution is 2.43. The molecule has 0 saturated heterocycles. The van der Waals surface area contributed by atoms with Crippen LogP contribution in [0.15, 0.2) is 72.8 Å². The SMILES string of the molecule is CB(C)c1ccc2c(c1)N(c1ccccc1)c1ccccc1C2. The minimum absolute atomic E-state index is 0.537. The highest BCUT2D eigenvalue weighted by Gasteiger charge is 2.24. The van der Waals surface area contributed by atoms with Crippen molar-refractivity contribution in [1.29, 1.82) is 0 Å². The van der Waals surface area contributed by atoms with E-state index in [0.717, 1.165) is 6.42 Å². The van der Waals surface area contributed by atoms with Gasteiger partial charge in [0.1, 0.15) is 0 Å². The van der Waals surface area contributed by atoms with Gasteiger partial charge in [0.05, 0.1) is 0 Å². The Kier molecular flexibility index (Phi) is 3.46. The highest BCUT2D eigenvalue weighted by molar-refractivity contribution is 6.70. The summed E-state index contributed by atoms with van der Waals surface area (Å²) in [5.41, 5.74) is 8.03. The smallest absolute Gasteiger partial charge is 0.169 e. The predicted molar refractivity (Wildman–Crippen MR) is 101 cm³/mol. The van der Waals surface area contributed by atoms with E-state index in [2.05, 4.69) is 91.3 Å². The second-order valence-electron chi connectivity index (χ2n) is 6.52. The lowest BCUT2D eigenvalue weighted by Gasteiger charge is -2.34. The van der Waals surface area contributed by atoms with Crippen LogP contribution < -0.4 is 10.4 Å². The Morgan fingerprint density at radius 3 is 2.22 bits per heavy atom. The van der Waals surface area contributed by atoms with Crippen LogP contribution in [0, 0.1) is 0 Å². The molecule has 0 radical (unpaired) electrons. The minimum atomic E-state index is 0.537. The van der Waals surface area contributed by atoms with Crippen LogP contribution in [-0.2, 0) is 6.42 Å². The van der Waals surface area contributed by atoms with Gasteiger partial charge < -0.3 is 4.90 Å². The quantitative estimate of drug-likeness (QED) is 0.469. The second kappa shape index (κ2) is 5.62. The summed E-state index contributed by atoms with van der Waals surface area (Å²) >= 11 is 0. The Morgan fingerprint density at radius 1 is 0.739 bits per heavy atom. The van der Waals surface area contributed by atoms with Gasteiger partial charge in [-0.25, -0.2) is 0 Å². The Hall–Kier alpha value is -2.48. The summed E-state index contributed by atoms with van der Waals surface area (Å²) in [7, 11) is 0. The van der Waals surface area contributed by atoms with E-state index in [4.69, 9.17) is 0 Å². The Labute approximate surface area is 138 Å². The van der Waals surface area contributed by atoms with Gasteiger partial charge in [0.25, 0.3) is 0 Å². The molecule has 0 spiro atoms. The zero-order chi connectivity index (χ0) is 15.8. The maximum atomic E-state index is 2.40. The summed E-state index contributed by atoms with van der Waals surface area (Å²) in [5, 5.41) is 0. The monoisotopic (exact) mass is 297 g/mol. The molecule has 0 atom stereocenters. The van der Waals surface area contributed by atoms with Crippen molar-refractivity contribution in [2.45, 2.75) is 20.1 Å². The molecule has 0 fully saturated rings. The van der Waals surface area contributed by atoms with E-state index < -0.39 is 0 Å². The molecule has 0 aromatic heterocycles. The molecule has 1 aliphatic heterocycles. The molecule has 0 amide bonds. The number of benzene rings is 3. The summed E-state index contributed by atoms with van der Waals surface area (Å²) in [5.74, 6) is 0. The third-order valence-electron chi connectivity index (χ3n) is 4.64. The minimum Gasteiger partial charge on any atom is -0.310 e. The van der Waals surface area contributed by atoms with Crippen LogP contribution in [0.1, 0.15) is 11.1 Å². The highest BCUT2D eigenvalue weighted by atomic mass is 15.2. The lowest BCUT2D eigenvalue weighted by atomic mass is 9.49. The van der Waals surface area contributed by atoms with Crippen molar-refractivity contribution in [3.05, 3.63) is 83.9 Å². The fourth-order valence-corrected chi connectivity index (χ4v) is 3.37. The first-order valence-electron chi connectivity index (χ1n) is 8.30. The number of hydrogen-bond acceptors (Lipinski definition) is 1. The molecule has 2 heteroatoms. The van der Waals surface area contributed by atoms with Crippen molar-refractivity contribution >= 4 is 29.2 Å². The van der Waals surface area contributed by atoms with E-state index in [0.29, 0.717) is 6.71 Å². The van der Waals surface area contributed by atoms with Crippen LogP contribution in [0.5, 0.6) is 0 Å². The van der Waals surface area contributed by atoms with E-state index in [1.807, 2.05) is 0 Å². The second-order valence-corrected chi connectivity index (χ2v) is 6.52. The standard InChI is InChI=1S/C21H20BN/c1-22(2)18-13-12-17-14-16-8-6-7-11-20(16)23(21(17)15-18)19-9-4-3-5-10-19/h3-13,15H,14H2,1-2H3. The average molecular weight is 297 g/mol. The van der Waals surface area contributed by atoms with E-state index in [1.165, 1.54) is 33.7 Å². The fraction of sp³-hybridized carbons (Fsp3) is 0.143. The number of hydrogen-bond donors (Lipinski definition) is 0.